The maximum Gasteiger partial charge on any atom is 0.221 e. The number of benzene rings is 1. The number of carbonyl (C=O) groups is 2. The van der Waals surface area contributed by atoms with Gasteiger partial charge in [0, 0.05) is 19.5 Å². The molecule has 0 bridgehead atoms. The van der Waals surface area contributed by atoms with E-state index in [0.717, 1.165) is 0 Å². The first-order valence-corrected chi connectivity index (χ1v) is 7.39. The number of amides is 2. The highest BCUT2D eigenvalue weighted by Crippen LogP contribution is 2.28. The number of aliphatic hydroxyl groups is 3. The van der Waals surface area contributed by atoms with Crippen LogP contribution < -0.4 is 16.0 Å². The maximum absolute atomic E-state index is 11.3. The van der Waals surface area contributed by atoms with Gasteiger partial charge < -0.3 is 36.0 Å². The van der Waals surface area contributed by atoms with Crippen molar-refractivity contribution in [2.45, 2.75) is 38.4 Å². The number of carbonyl (C=O) groups excluding carboxylic acids is 2. The summed E-state index contributed by atoms with van der Waals surface area (Å²) in [6, 6.07) is 4.74. The lowest BCUT2D eigenvalue weighted by molar-refractivity contribution is -0.178. The fourth-order valence-electron chi connectivity index (χ4n) is 2.33. The van der Waals surface area contributed by atoms with Crippen LogP contribution in [-0.2, 0) is 14.3 Å². The van der Waals surface area contributed by atoms with Gasteiger partial charge in [-0.25, -0.2) is 0 Å². The lowest BCUT2D eigenvalue weighted by Gasteiger charge is -2.36. The lowest BCUT2D eigenvalue weighted by atomic mass is 10.0. The van der Waals surface area contributed by atoms with E-state index in [1.807, 2.05) is 0 Å². The molecule has 1 aliphatic rings. The van der Waals surface area contributed by atoms with Crippen molar-refractivity contribution in [1.82, 2.24) is 0 Å². The van der Waals surface area contributed by atoms with E-state index in [9.17, 15) is 24.9 Å². The number of ether oxygens (including phenoxy) is 1. The molecule has 2 amide bonds. The van der Waals surface area contributed by atoms with E-state index in [0.29, 0.717) is 17.1 Å². The van der Waals surface area contributed by atoms with Crippen molar-refractivity contribution in [2.24, 2.45) is 0 Å². The van der Waals surface area contributed by atoms with E-state index in [4.69, 9.17) is 4.74 Å². The second kappa shape index (κ2) is 7.58. The zero-order valence-corrected chi connectivity index (χ0v) is 13.3. The molecule has 0 aliphatic carbocycles. The van der Waals surface area contributed by atoms with Crippen molar-refractivity contribution in [3.8, 4) is 0 Å². The lowest BCUT2D eigenvalue weighted by Crippen LogP contribution is -2.55. The van der Waals surface area contributed by atoms with Crippen molar-refractivity contribution in [3.05, 3.63) is 18.2 Å². The molecule has 1 heterocycles. The minimum Gasteiger partial charge on any atom is -0.388 e. The van der Waals surface area contributed by atoms with Crippen LogP contribution in [0.25, 0.3) is 0 Å². The largest absolute Gasteiger partial charge is 0.388 e. The molecule has 1 fully saturated rings. The number of aliphatic hydroxyl groups excluding tert-OH is 3. The summed E-state index contributed by atoms with van der Waals surface area (Å²) >= 11 is 0. The second-order valence-corrected chi connectivity index (χ2v) is 5.57. The normalized spacial score (nSPS) is 26.5. The zero-order chi connectivity index (χ0) is 17.9. The van der Waals surface area contributed by atoms with E-state index < -0.39 is 24.5 Å². The van der Waals surface area contributed by atoms with Crippen molar-refractivity contribution in [3.63, 3.8) is 0 Å². The quantitative estimate of drug-likeness (QED) is 0.433. The van der Waals surface area contributed by atoms with E-state index in [1.54, 1.807) is 18.2 Å². The van der Waals surface area contributed by atoms with Crippen LogP contribution in [0.3, 0.4) is 0 Å². The smallest absolute Gasteiger partial charge is 0.221 e. The van der Waals surface area contributed by atoms with Crippen LogP contribution in [0, 0.1) is 0 Å². The van der Waals surface area contributed by atoms with E-state index in [1.165, 1.54) is 13.8 Å². The highest BCUT2D eigenvalue weighted by atomic mass is 16.5. The molecule has 0 unspecified atom stereocenters. The molecule has 0 radical (unpaired) electrons. The number of hydrogen-bond acceptors (Lipinski definition) is 7. The maximum atomic E-state index is 11.3. The Morgan fingerprint density at radius 3 is 2.33 bits per heavy atom. The fourth-order valence-corrected chi connectivity index (χ4v) is 2.33. The monoisotopic (exact) mass is 339 g/mol. The predicted octanol–water partition coefficient (Wildman–Crippen LogP) is -0.546. The van der Waals surface area contributed by atoms with Crippen LogP contribution in [0.1, 0.15) is 13.8 Å². The summed E-state index contributed by atoms with van der Waals surface area (Å²) in [5.74, 6) is -0.563. The standard InChI is InChI=1S/C15H21N3O6/c1-7(19)16-9-3-4-10(17-8(2)20)11(5-9)18-15-14(23)13(22)12(21)6-24-15/h3-5,12-15,18,21-23H,6H2,1-2H3,(H,16,19)(H,17,20)/t12-,13-,14-,15-/m1/s1. The highest BCUT2D eigenvalue weighted by molar-refractivity contribution is 5.95. The Labute approximate surface area is 138 Å². The summed E-state index contributed by atoms with van der Waals surface area (Å²) in [5.41, 5.74) is 1.27. The molecule has 0 spiro atoms. The summed E-state index contributed by atoms with van der Waals surface area (Å²) < 4.78 is 5.29. The van der Waals surface area contributed by atoms with Crippen molar-refractivity contribution in [2.75, 3.05) is 22.6 Å². The Kier molecular flexibility index (Phi) is 5.73. The first-order chi connectivity index (χ1) is 11.3. The summed E-state index contributed by atoms with van der Waals surface area (Å²) in [5, 5.41) is 37.3. The molecular formula is C15H21N3O6. The first kappa shape index (κ1) is 18.1. The molecule has 132 valence electrons. The number of hydrogen-bond donors (Lipinski definition) is 6. The van der Waals surface area contributed by atoms with Crippen LogP contribution in [0.5, 0.6) is 0 Å². The zero-order valence-electron chi connectivity index (χ0n) is 13.3. The van der Waals surface area contributed by atoms with Gasteiger partial charge in [-0.2, -0.15) is 0 Å². The topological polar surface area (TPSA) is 140 Å². The van der Waals surface area contributed by atoms with Gasteiger partial charge in [0.25, 0.3) is 0 Å². The van der Waals surface area contributed by atoms with Gasteiger partial charge >= 0.3 is 0 Å². The molecule has 0 saturated carbocycles. The number of rotatable bonds is 4. The van der Waals surface area contributed by atoms with Crippen LogP contribution >= 0.6 is 0 Å². The van der Waals surface area contributed by atoms with Crippen molar-refractivity contribution >= 4 is 28.9 Å². The third-order valence-electron chi connectivity index (χ3n) is 3.45. The third kappa shape index (κ3) is 4.42. The van der Waals surface area contributed by atoms with Crippen LogP contribution in [0.4, 0.5) is 17.1 Å². The van der Waals surface area contributed by atoms with Crippen molar-refractivity contribution < 1.29 is 29.6 Å². The van der Waals surface area contributed by atoms with E-state index >= 15 is 0 Å². The summed E-state index contributed by atoms with van der Waals surface area (Å²) in [4.78, 5) is 22.5. The first-order valence-electron chi connectivity index (χ1n) is 7.39. The number of anilines is 3. The second-order valence-electron chi connectivity index (χ2n) is 5.57. The molecule has 9 nitrogen and oxygen atoms in total. The predicted molar refractivity (Wildman–Crippen MR) is 86.4 cm³/mol. The molecule has 9 heteroatoms. The van der Waals surface area contributed by atoms with Gasteiger partial charge in [-0.05, 0) is 18.2 Å². The van der Waals surface area contributed by atoms with Gasteiger partial charge in [0.05, 0.1) is 18.0 Å². The summed E-state index contributed by atoms with van der Waals surface area (Å²) in [7, 11) is 0. The Morgan fingerprint density at radius 2 is 1.71 bits per heavy atom. The molecule has 1 aromatic carbocycles. The molecule has 4 atom stereocenters. The molecular weight excluding hydrogens is 318 g/mol. The van der Waals surface area contributed by atoms with Gasteiger partial charge in [0.1, 0.15) is 18.3 Å². The average Bonchev–Trinajstić information content (AvgIpc) is 2.49. The Balaban J connectivity index is 2.24. The minimum atomic E-state index is -1.37. The van der Waals surface area contributed by atoms with Gasteiger partial charge in [0.2, 0.25) is 11.8 Å². The average molecular weight is 339 g/mol. The van der Waals surface area contributed by atoms with Crippen LogP contribution in [-0.4, -0.2) is 58.3 Å². The SMILES string of the molecule is CC(=O)Nc1ccc(NC(C)=O)c(N[C@@H]2OC[C@@H](O)[C@@H](O)[C@H]2O)c1. The van der Waals surface area contributed by atoms with Gasteiger partial charge in [-0.15, -0.1) is 0 Å². The summed E-state index contributed by atoms with van der Waals surface area (Å²) in [6.45, 7) is 2.55. The Hall–Kier alpha value is -2.20. The highest BCUT2D eigenvalue weighted by Gasteiger charge is 2.37. The van der Waals surface area contributed by atoms with Gasteiger partial charge in [-0.3, -0.25) is 9.59 Å². The van der Waals surface area contributed by atoms with Gasteiger partial charge in [0.15, 0.2) is 6.23 Å². The number of nitrogens with one attached hydrogen (secondary N) is 3. The van der Waals surface area contributed by atoms with Crippen molar-refractivity contribution in [1.29, 1.82) is 0 Å². The van der Waals surface area contributed by atoms with Crippen LogP contribution in [0.15, 0.2) is 18.2 Å². The van der Waals surface area contributed by atoms with E-state index in [-0.39, 0.29) is 18.4 Å². The van der Waals surface area contributed by atoms with E-state index in [2.05, 4.69) is 16.0 Å². The molecule has 0 aromatic heterocycles. The summed E-state index contributed by atoms with van der Waals surface area (Å²) in [6.07, 6.45) is -4.91. The molecule has 1 aliphatic heterocycles. The van der Waals surface area contributed by atoms with Crippen LogP contribution in [0.2, 0.25) is 0 Å². The molecule has 1 aromatic rings. The Bertz CT molecular complexity index is 623. The molecule has 1 saturated heterocycles. The molecule has 2 rings (SSSR count). The molecule has 6 N–H and O–H groups in total. The fraction of sp³-hybridized carbons (Fsp3) is 0.467. The van der Waals surface area contributed by atoms with Gasteiger partial charge in [-0.1, -0.05) is 0 Å². The minimum absolute atomic E-state index is 0.156. The Morgan fingerprint density at radius 1 is 1.04 bits per heavy atom. The third-order valence-corrected chi connectivity index (χ3v) is 3.45. The molecule has 24 heavy (non-hydrogen) atoms.